The number of hydrogen-bond acceptors (Lipinski definition) is 6. The number of carbonyl (C=O) groups excluding carboxylic acids is 2. The number of allylic oxidation sites excluding steroid dienone is 2. The fraction of sp³-hybridized carbons (Fsp3) is 0.308. The van der Waals surface area contributed by atoms with Crippen LogP contribution in [0.5, 0.6) is 11.5 Å². The summed E-state index contributed by atoms with van der Waals surface area (Å²) >= 11 is 3.59. The molecule has 4 rings (SSSR count). The quantitative estimate of drug-likeness (QED) is 0.503. The first-order valence-electron chi connectivity index (χ1n) is 11.0. The van der Waals surface area contributed by atoms with Crippen molar-refractivity contribution in [3.63, 3.8) is 0 Å². The van der Waals surface area contributed by atoms with Gasteiger partial charge in [0.2, 0.25) is 0 Å². The van der Waals surface area contributed by atoms with Crippen LogP contribution in [0.15, 0.2) is 57.7 Å². The lowest BCUT2D eigenvalue weighted by molar-refractivity contribution is -0.138. The Hall–Kier alpha value is -3.06. The second kappa shape index (κ2) is 9.43. The molecule has 33 heavy (non-hydrogen) atoms. The summed E-state index contributed by atoms with van der Waals surface area (Å²) in [6, 6.07) is 11.2. The van der Waals surface area contributed by atoms with Gasteiger partial charge in [-0.15, -0.1) is 0 Å². The molecule has 1 atom stereocenters. The molecule has 0 saturated heterocycles. The Bertz CT molecular complexity index is 1200. The Morgan fingerprint density at radius 2 is 1.67 bits per heavy atom. The van der Waals surface area contributed by atoms with Crippen LogP contribution >= 0.6 is 15.9 Å². The van der Waals surface area contributed by atoms with Gasteiger partial charge in [0.25, 0.3) is 0 Å². The van der Waals surface area contributed by atoms with Gasteiger partial charge in [-0.25, -0.2) is 4.79 Å². The summed E-state index contributed by atoms with van der Waals surface area (Å²) < 4.78 is 17.8. The van der Waals surface area contributed by atoms with Crippen LogP contribution in [0.3, 0.4) is 0 Å². The van der Waals surface area contributed by atoms with Crippen LogP contribution in [-0.2, 0) is 9.53 Å². The lowest BCUT2D eigenvalue weighted by Crippen LogP contribution is -2.29. The first kappa shape index (κ1) is 23.1. The zero-order valence-corrected chi connectivity index (χ0v) is 20.7. The van der Waals surface area contributed by atoms with Crippen molar-refractivity contribution in [2.45, 2.75) is 33.6 Å². The number of rotatable bonds is 7. The van der Waals surface area contributed by atoms with E-state index in [1.165, 1.54) is 0 Å². The van der Waals surface area contributed by atoms with Crippen molar-refractivity contribution in [2.24, 2.45) is 0 Å². The lowest BCUT2D eigenvalue weighted by Gasteiger charge is -2.30. The highest BCUT2D eigenvalue weighted by atomic mass is 79.9. The van der Waals surface area contributed by atoms with Gasteiger partial charge in [0, 0.05) is 34.0 Å². The normalized spacial score (nSPS) is 16.9. The van der Waals surface area contributed by atoms with Crippen LogP contribution in [0.4, 0.5) is 0 Å². The highest BCUT2D eigenvalue weighted by molar-refractivity contribution is 9.10. The number of esters is 1. The van der Waals surface area contributed by atoms with Gasteiger partial charge in [-0.3, -0.25) is 4.79 Å². The molecule has 172 valence electrons. The number of ether oxygens (including phenoxy) is 3. The summed E-state index contributed by atoms with van der Waals surface area (Å²) in [7, 11) is 0. The van der Waals surface area contributed by atoms with E-state index in [-0.39, 0.29) is 12.4 Å². The molecule has 0 unspecified atom stereocenters. The zero-order valence-electron chi connectivity index (χ0n) is 19.1. The van der Waals surface area contributed by atoms with E-state index >= 15 is 0 Å². The van der Waals surface area contributed by atoms with E-state index in [4.69, 9.17) is 14.2 Å². The number of halogens is 1. The molecule has 0 aromatic heterocycles. The van der Waals surface area contributed by atoms with Gasteiger partial charge in [-0.2, -0.15) is 0 Å². The average molecular weight is 512 g/mol. The summed E-state index contributed by atoms with van der Waals surface area (Å²) in [6.07, 6.45) is 0. The molecule has 0 fully saturated rings. The SMILES string of the molecule is CCOC(=O)C1=C(C)NC2=C(C(=O)c3ccccc32)[C@H]1c1cc(Br)c(OCC)cc1OCC. The number of Topliss-reactive ketones (excluding diaryl/α,β-unsaturated/α-hetero) is 1. The summed E-state index contributed by atoms with van der Waals surface area (Å²) in [5, 5.41) is 3.31. The second-order valence-corrected chi connectivity index (χ2v) is 8.52. The molecular formula is C26H26BrNO5. The Morgan fingerprint density at radius 3 is 2.33 bits per heavy atom. The molecule has 0 spiro atoms. The van der Waals surface area contributed by atoms with Crippen molar-refractivity contribution in [3.8, 4) is 11.5 Å². The maximum absolute atomic E-state index is 13.6. The fourth-order valence-electron chi connectivity index (χ4n) is 4.44. The Morgan fingerprint density at radius 1 is 1.00 bits per heavy atom. The number of dihydropyridines is 1. The standard InChI is InChI=1S/C26H26BrNO5/c1-5-31-19-13-20(32-6-2)18(27)12-17(19)22-21(26(30)33-7-3)14(4)28-24-15-10-8-9-11-16(15)25(29)23(22)24/h8-13,22,28H,5-7H2,1-4H3/t22-/m0/s1. The van der Waals surface area contributed by atoms with Crippen LogP contribution < -0.4 is 14.8 Å². The Kier molecular flexibility index (Phi) is 6.61. The van der Waals surface area contributed by atoms with Gasteiger partial charge in [-0.05, 0) is 49.7 Å². The number of nitrogens with one attached hydrogen (secondary N) is 1. The minimum absolute atomic E-state index is 0.111. The molecule has 1 aliphatic carbocycles. The van der Waals surface area contributed by atoms with E-state index in [1.54, 1.807) is 13.0 Å². The lowest BCUT2D eigenvalue weighted by atomic mass is 9.79. The van der Waals surface area contributed by atoms with E-state index in [1.807, 2.05) is 51.1 Å². The predicted octanol–water partition coefficient (Wildman–Crippen LogP) is 5.38. The molecule has 0 bridgehead atoms. The molecule has 6 nitrogen and oxygen atoms in total. The Labute approximate surface area is 201 Å². The summed E-state index contributed by atoms with van der Waals surface area (Å²) in [5.41, 5.74) is 4.42. The van der Waals surface area contributed by atoms with Crippen LogP contribution in [0.1, 0.15) is 55.1 Å². The summed E-state index contributed by atoms with van der Waals surface area (Å²) in [5.74, 6) is -0.0441. The predicted molar refractivity (Wildman–Crippen MR) is 129 cm³/mol. The van der Waals surface area contributed by atoms with Gasteiger partial charge in [0.15, 0.2) is 5.78 Å². The largest absolute Gasteiger partial charge is 0.493 e. The van der Waals surface area contributed by atoms with Gasteiger partial charge in [0.1, 0.15) is 11.5 Å². The zero-order chi connectivity index (χ0) is 23.7. The average Bonchev–Trinajstić information content (AvgIpc) is 3.07. The topological polar surface area (TPSA) is 73.9 Å². The Balaban J connectivity index is 1.98. The molecule has 0 amide bonds. The molecule has 1 heterocycles. The van der Waals surface area contributed by atoms with Gasteiger partial charge in [0.05, 0.1) is 41.5 Å². The molecule has 2 aromatic carbocycles. The van der Waals surface area contributed by atoms with E-state index in [9.17, 15) is 9.59 Å². The van der Waals surface area contributed by atoms with E-state index < -0.39 is 11.9 Å². The van der Waals surface area contributed by atoms with Crippen LogP contribution in [0.2, 0.25) is 0 Å². The third-order valence-corrected chi connectivity index (χ3v) is 6.34. The second-order valence-electron chi connectivity index (χ2n) is 7.67. The first-order chi connectivity index (χ1) is 15.9. The molecule has 1 aliphatic heterocycles. The molecule has 7 heteroatoms. The van der Waals surface area contributed by atoms with Crippen molar-refractivity contribution in [1.82, 2.24) is 5.32 Å². The third kappa shape index (κ3) is 3.95. The van der Waals surface area contributed by atoms with E-state index in [0.29, 0.717) is 57.2 Å². The van der Waals surface area contributed by atoms with Crippen molar-refractivity contribution < 1.29 is 23.8 Å². The maximum Gasteiger partial charge on any atom is 0.336 e. The highest BCUT2D eigenvalue weighted by Gasteiger charge is 2.44. The monoisotopic (exact) mass is 511 g/mol. The summed E-state index contributed by atoms with van der Waals surface area (Å²) in [6.45, 7) is 8.54. The van der Waals surface area contributed by atoms with Gasteiger partial charge < -0.3 is 19.5 Å². The maximum atomic E-state index is 13.6. The number of benzene rings is 2. The number of hydrogen-bond donors (Lipinski definition) is 1. The van der Waals surface area contributed by atoms with Crippen LogP contribution in [-0.4, -0.2) is 31.6 Å². The molecule has 0 radical (unpaired) electrons. The third-order valence-electron chi connectivity index (χ3n) is 5.72. The molecule has 2 aromatic rings. The van der Waals surface area contributed by atoms with Crippen molar-refractivity contribution in [1.29, 1.82) is 0 Å². The minimum atomic E-state index is -0.659. The first-order valence-corrected chi connectivity index (χ1v) is 11.8. The van der Waals surface area contributed by atoms with Crippen molar-refractivity contribution >= 4 is 33.4 Å². The van der Waals surface area contributed by atoms with E-state index in [2.05, 4.69) is 21.2 Å². The fourth-order valence-corrected chi connectivity index (χ4v) is 4.92. The molecule has 0 saturated carbocycles. The highest BCUT2D eigenvalue weighted by Crippen LogP contribution is 2.50. The number of fused-ring (bicyclic) bond motifs is 2. The van der Waals surface area contributed by atoms with Crippen LogP contribution in [0.25, 0.3) is 5.70 Å². The van der Waals surface area contributed by atoms with Gasteiger partial charge >= 0.3 is 5.97 Å². The minimum Gasteiger partial charge on any atom is -0.493 e. The molecule has 1 N–H and O–H groups in total. The van der Waals surface area contributed by atoms with Crippen LogP contribution in [0, 0.1) is 0 Å². The van der Waals surface area contributed by atoms with Crippen molar-refractivity contribution in [3.05, 3.63) is 74.4 Å². The summed E-state index contributed by atoms with van der Waals surface area (Å²) in [4.78, 5) is 26.8. The van der Waals surface area contributed by atoms with E-state index in [0.717, 1.165) is 11.3 Å². The molecule has 2 aliphatic rings. The number of carbonyl (C=O) groups is 2. The molecular weight excluding hydrogens is 486 g/mol. The van der Waals surface area contributed by atoms with Crippen molar-refractivity contribution in [2.75, 3.05) is 19.8 Å². The smallest absolute Gasteiger partial charge is 0.336 e. The number of ketones is 1. The van der Waals surface area contributed by atoms with Gasteiger partial charge in [-0.1, -0.05) is 24.3 Å².